The molecule has 2 aromatic rings. The number of thiazole rings is 1. The Bertz CT molecular complexity index is 482. The summed E-state index contributed by atoms with van der Waals surface area (Å²) in [5.74, 6) is 0. The summed E-state index contributed by atoms with van der Waals surface area (Å²) in [6.07, 6.45) is 2.89. The molecular formula is C13H14ClNS2. The van der Waals surface area contributed by atoms with Gasteiger partial charge in [-0.15, -0.1) is 23.1 Å². The minimum Gasteiger partial charge on any atom is -0.249 e. The Labute approximate surface area is 115 Å². The van der Waals surface area contributed by atoms with E-state index in [2.05, 4.69) is 31.0 Å². The first-order valence-corrected chi connectivity index (χ1v) is 7.69. The topological polar surface area (TPSA) is 12.9 Å². The molecule has 0 radical (unpaired) electrons. The fourth-order valence-corrected chi connectivity index (χ4v) is 3.61. The number of thioether (sulfide) groups is 1. The van der Waals surface area contributed by atoms with Crippen LogP contribution in [0.4, 0.5) is 0 Å². The van der Waals surface area contributed by atoms with Gasteiger partial charge in [0.2, 0.25) is 0 Å². The van der Waals surface area contributed by atoms with Gasteiger partial charge < -0.3 is 0 Å². The van der Waals surface area contributed by atoms with Crippen LogP contribution in [0.1, 0.15) is 29.7 Å². The first-order valence-electron chi connectivity index (χ1n) is 5.55. The van der Waals surface area contributed by atoms with Gasteiger partial charge in [-0.1, -0.05) is 24.6 Å². The fourth-order valence-electron chi connectivity index (χ4n) is 1.53. The van der Waals surface area contributed by atoms with Crippen molar-refractivity contribution in [2.24, 2.45) is 0 Å². The van der Waals surface area contributed by atoms with Gasteiger partial charge in [0.15, 0.2) is 0 Å². The molecule has 0 bridgehead atoms. The molecule has 0 aliphatic carbocycles. The summed E-state index contributed by atoms with van der Waals surface area (Å²) in [5, 5.41) is 4.33. The average molecular weight is 284 g/mol. The molecule has 0 spiro atoms. The number of nitrogens with zero attached hydrogens (tertiary/aromatic N) is 1. The molecule has 4 heteroatoms. The average Bonchev–Trinajstić information content (AvgIpc) is 2.85. The molecule has 90 valence electrons. The first kappa shape index (κ1) is 12.9. The Morgan fingerprint density at radius 1 is 1.47 bits per heavy atom. The lowest BCUT2D eigenvalue weighted by Gasteiger charge is -2.10. The zero-order chi connectivity index (χ0) is 12.3. The Morgan fingerprint density at radius 3 is 2.94 bits per heavy atom. The molecule has 1 nitrogen and oxygen atoms in total. The molecule has 0 N–H and O–H groups in total. The lowest BCUT2D eigenvalue weighted by molar-refractivity contribution is 1.05. The molecule has 0 fully saturated rings. The number of aryl methyl sites for hydroxylation is 1. The van der Waals surface area contributed by atoms with Gasteiger partial charge in [-0.2, -0.15) is 0 Å². The monoisotopic (exact) mass is 283 g/mol. The molecule has 0 amide bonds. The standard InChI is InChI=1S/C13H14ClNS2/c1-3-10-4-5-11(14)12(8-10)17-9(2)13-15-6-7-16-13/h4-9H,3H2,1-2H3. The molecule has 1 heterocycles. The minimum atomic E-state index is 0.347. The Morgan fingerprint density at radius 2 is 2.29 bits per heavy atom. The molecule has 1 unspecified atom stereocenters. The van der Waals surface area contributed by atoms with Crippen molar-refractivity contribution in [2.75, 3.05) is 0 Å². The highest BCUT2D eigenvalue weighted by Crippen LogP contribution is 2.39. The predicted octanol–water partition coefficient (Wildman–Crippen LogP) is 5.21. The fraction of sp³-hybridized carbons (Fsp3) is 0.308. The predicted molar refractivity (Wildman–Crippen MR) is 77.2 cm³/mol. The van der Waals surface area contributed by atoms with Crippen LogP contribution in [0.2, 0.25) is 5.02 Å². The molecule has 0 saturated carbocycles. The van der Waals surface area contributed by atoms with E-state index < -0.39 is 0 Å². The molecule has 0 aliphatic heterocycles. The largest absolute Gasteiger partial charge is 0.249 e. The SMILES string of the molecule is CCc1ccc(Cl)c(SC(C)c2nccs2)c1. The highest BCUT2D eigenvalue weighted by molar-refractivity contribution is 7.99. The van der Waals surface area contributed by atoms with Crippen LogP contribution in [0.15, 0.2) is 34.7 Å². The second kappa shape index (κ2) is 5.89. The van der Waals surface area contributed by atoms with Crippen LogP contribution < -0.4 is 0 Å². The lowest BCUT2D eigenvalue weighted by atomic mass is 10.2. The van der Waals surface area contributed by atoms with E-state index in [4.69, 9.17) is 11.6 Å². The van der Waals surface area contributed by atoms with E-state index >= 15 is 0 Å². The highest BCUT2D eigenvalue weighted by atomic mass is 35.5. The van der Waals surface area contributed by atoms with E-state index in [0.717, 1.165) is 21.3 Å². The number of hydrogen-bond donors (Lipinski definition) is 0. The summed E-state index contributed by atoms with van der Waals surface area (Å²) in [6.45, 7) is 4.32. The third-order valence-electron chi connectivity index (χ3n) is 2.51. The van der Waals surface area contributed by atoms with Crippen molar-refractivity contribution in [3.05, 3.63) is 45.4 Å². The van der Waals surface area contributed by atoms with Gasteiger partial charge in [0.1, 0.15) is 5.01 Å². The van der Waals surface area contributed by atoms with E-state index in [1.807, 2.05) is 17.6 Å². The van der Waals surface area contributed by atoms with Gasteiger partial charge in [0.25, 0.3) is 0 Å². The highest BCUT2D eigenvalue weighted by Gasteiger charge is 2.12. The van der Waals surface area contributed by atoms with Crippen LogP contribution >= 0.6 is 34.7 Å². The minimum absolute atomic E-state index is 0.347. The van der Waals surface area contributed by atoms with Gasteiger partial charge >= 0.3 is 0 Å². The quantitative estimate of drug-likeness (QED) is 0.714. The lowest BCUT2D eigenvalue weighted by Crippen LogP contribution is -1.88. The third-order valence-corrected chi connectivity index (χ3v) is 5.22. The third kappa shape index (κ3) is 3.24. The maximum atomic E-state index is 6.22. The Balaban J connectivity index is 2.18. The normalized spacial score (nSPS) is 12.6. The maximum Gasteiger partial charge on any atom is 0.106 e. The van der Waals surface area contributed by atoms with Crippen molar-refractivity contribution in [3.63, 3.8) is 0 Å². The number of halogens is 1. The van der Waals surface area contributed by atoms with Crippen LogP contribution in [-0.4, -0.2) is 4.98 Å². The van der Waals surface area contributed by atoms with Gasteiger partial charge in [-0.25, -0.2) is 4.98 Å². The molecule has 17 heavy (non-hydrogen) atoms. The molecule has 1 aromatic heterocycles. The van der Waals surface area contributed by atoms with E-state index in [-0.39, 0.29) is 0 Å². The summed E-state index contributed by atoms with van der Waals surface area (Å²) >= 11 is 9.69. The van der Waals surface area contributed by atoms with Crippen LogP contribution in [0.3, 0.4) is 0 Å². The van der Waals surface area contributed by atoms with Gasteiger partial charge in [0.05, 0.1) is 10.3 Å². The summed E-state index contributed by atoms with van der Waals surface area (Å²) < 4.78 is 0. The van der Waals surface area contributed by atoms with Crippen molar-refractivity contribution in [3.8, 4) is 0 Å². The molecule has 1 atom stereocenters. The van der Waals surface area contributed by atoms with Crippen molar-refractivity contribution in [1.82, 2.24) is 4.98 Å². The second-order valence-electron chi connectivity index (χ2n) is 3.75. The maximum absolute atomic E-state index is 6.22. The van der Waals surface area contributed by atoms with Gasteiger partial charge in [-0.05, 0) is 31.0 Å². The molecule has 0 saturated heterocycles. The Hall–Kier alpha value is -0.510. The van der Waals surface area contributed by atoms with Crippen molar-refractivity contribution < 1.29 is 0 Å². The number of rotatable bonds is 4. The summed E-state index contributed by atoms with van der Waals surface area (Å²) in [7, 11) is 0. The van der Waals surface area contributed by atoms with E-state index in [1.54, 1.807) is 23.1 Å². The summed E-state index contributed by atoms with van der Waals surface area (Å²) in [5.41, 5.74) is 1.32. The smallest absolute Gasteiger partial charge is 0.106 e. The zero-order valence-electron chi connectivity index (χ0n) is 9.81. The molecule has 2 rings (SSSR count). The van der Waals surface area contributed by atoms with Crippen molar-refractivity contribution in [2.45, 2.75) is 30.4 Å². The zero-order valence-corrected chi connectivity index (χ0v) is 12.2. The van der Waals surface area contributed by atoms with E-state index in [0.29, 0.717) is 5.25 Å². The van der Waals surface area contributed by atoms with Crippen molar-refractivity contribution >= 4 is 34.7 Å². The number of aromatic nitrogens is 1. The van der Waals surface area contributed by atoms with E-state index in [9.17, 15) is 0 Å². The molecular weight excluding hydrogens is 270 g/mol. The van der Waals surface area contributed by atoms with Crippen LogP contribution in [0, 0.1) is 0 Å². The van der Waals surface area contributed by atoms with Gasteiger partial charge in [0, 0.05) is 16.5 Å². The molecule has 0 aliphatic rings. The van der Waals surface area contributed by atoms with Crippen molar-refractivity contribution in [1.29, 1.82) is 0 Å². The summed E-state index contributed by atoms with van der Waals surface area (Å²) in [6, 6.07) is 6.24. The first-order chi connectivity index (χ1) is 8.20. The number of hydrogen-bond acceptors (Lipinski definition) is 3. The van der Waals surface area contributed by atoms with Crippen LogP contribution in [-0.2, 0) is 6.42 Å². The second-order valence-corrected chi connectivity index (χ2v) is 6.46. The van der Waals surface area contributed by atoms with Gasteiger partial charge in [-0.3, -0.25) is 0 Å². The van der Waals surface area contributed by atoms with Crippen LogP contribution in [0.25, 0.3) is 0 Å². The molecule has 1 aromatic carbocycles. The van der Waals surface area contributed by atoms with E-state index in [1.165, 1.54) is 5.56 Å². The number of benzene rings is 1. The Kier molecular flexibility index (Phi) is 4.48. The van der Waals surface area contributed by atoms with Crippen LogP contribution in [0.5, 0.6) is 0 Å². The summed E-state index contributed by atoms with van der Waals surface area (Å²) in [4.78, 5) is 5.49.